The van der Waals surface area contributed by atoms with Crippen molar-refractivity contribution >= 4 is 34.5 Å². The first-order chi connectivity index (χ1) is 13.3. The first kappa shape index (κ1) is 20.2. The van der Waals surface area contributed by atoms with Crippen molar-refractivity contribution in [2.75, 3.05) is 17.2 Å². The van der Waals surface area contributed by atoms with Gasteiger partial charge in [0.05, 0.1) is 17.0 Å². The van der Waals surface area contributed by atoms with E-state index in [4.69, 9.17) is 11.6 Å². The van der Waals surface area contributed by atoms with Gasteiger partial charge in [-0.15, -0.1) is 0 Å². The zero-order valence-corrected chi connectivity index (χ0v) is 17.0. The molecule has 2 heterocycles. The molecule has 8 nitrogen and oxygen atoms in total. The Bertz CT molecular complexity index is 967. The van der Waals surface area contributed by atoms with Crippen molar-refractivity contribution < 1.29 is 10.2 Å². The monoisotopic (exact) mass is 404 g/mol. The molecule has 0 radical (unpaired) electrons. The maximum atomic E-state index is 10.1. The minimum Gasteiger partial charge on any atom is -0.506 e. The topological polar surface area (TPSA) is 108 Å². The molecule has 0 amide bonds. The van der Waals surface area contributed by atoms with Crippen molar-refractivity contribution in [3.05, 3.63) is 35.1 Å². The average Bonchev–Trinajstić information content (AvgIpc) is 3.05. The minimum absolute atomic E-state index is 0.0459. The van der Waals surface area contributed by atoms with Gasteiger partial charge in [0.15, 0.2) is 17.0 Å². The van der Waals surface area contributed by atoms with Gasteiger partial charge in [0, 0.05) is 25.2 Å². The Morgan fingerprint density at radius 3 is 2.71 bits per heavy atom. The summed E-state index contributed by atoms with van der Waals surface area (Å²) >= 11 is 5.98. The second-order valence-electron chi connectivity index (χ2n) is 7.19. The van der Waals surface area contributed by atoms with E-state index in [1.165, 1.54) is 0 Å². The SMILES string of the molecule is CCn1cnc2c(NCc3cccc(Cl)c3O)nc(NCCC(C)(C)O)nc21. The summed E-state index contributed by atoms with van der Waals surface area (Å²) in [5.41, 5.74) is 1.25. The van der Waals surface area contributed by atoms with E-state index in [9.17, 15) is 10.2 Å². The number of hydrogen-bond acceptors (Lipinski definition) is 7. The summed E-state index contributed by atoms with van der Waals surface area (Å²) in [6, 6.07) is 5.21. The molecule has 0 unspecified atom stereocenters. The van der Waals surface area contributed by atoms with Gasteiger partial charge in [0.2, 0.25) is 5.95 Å². The van der Waals surface area contributed by atoms with E-state index >= 15 is 0 Å². The maximum Gasteiger partial charge on any atom is 0.226 e. The lowest BCUT2D eigenvalue weighted by molar-refractivity contribution is 0.0748. The van der Waals surface area contributed by atoms with E-state index in [-0.39, 0.29) is 5.75 Å². The maximum absolute atomic E-state index is 10.1. The lowest BCUT2D eigenvalue weighted by atomic mass is 10.1. The molecule has 3 rings (SSSR count). The van der Waals surface area contributed by atoms with Crippen molar-refractivity contribution in [1.82, 2.24) is 19.5 Å². The number of nitrogens with zero attached hydrogens (tertiary/aromatic N) is 4. The first-order valence-corrected chi connectivity index (χ1v) is 9.55. The summed E-state index contributed by atoms with van der Waals surface area (Å²) in [6.07, 6.45) is 2.28. The van der Waals surface area contributed by atoms with Crippen LogP contribution in [0.15, 0.2) is 24.5 Å². The van der Waals surface area contributed by atoms with Gasteiger partial charge in [-0.1, -0.05) is 23.7 Å². The third kappa shape index (κ3) is 4.63. The molecule has 0 fully saturated rings. The highest BCUT2D eigenvalue weighted by atomic mass is 35.5. The normalized spacial score (nSPS) is 11.8. The van der Waals surface area contributed by atoms with E-state index in [2.05, 4.69) is 25.6 Å². The van der Waals surface area contributed by atoms with Gasteiger partial charge in [-0.05, 0) is 33.3 Å². The van der Waals surface area contributed by atoms with E-state index < -0.39 is 5.60 Å². The molecule has 0 spiro atoms. The largest absolute Gasteiger partial charge is 0.506 e. The molecule has 0 atom stereocenters. The molecule has 150 valence electrons. The number of imidazole rings is 1. The Morgan fingerprint density at radius 2 is 2.00 bits per heavy atom. The van der Waals surface area contributed by atoms with Crippen LogP contribution in [0.5, 0.6) is 5.75 Å². The molecule has 28 heavy (non-hydrogen) atoms. The molecule has 1 aromatic carbocycles. The van der Waals surface area contributed by atoms with E-state index in [1.54, 1.807) is 38.4 Å². The van der Waals surface area contributed by atoms with Gasteiger partial charge in [0.25, 0.3) is 0 Å². The average molecular weight is 405 g/mol. The molecule has 0 bridgehead atoms. The van der Waals surface area contributed by atoms with Crippen LogP contribution in [0.25, 0.3) is 11.2 Å². The molecule has 0 aliphatic carbocycles. The van der Waals surface area contributed by atoms with Crippen LogP contribution in [0, 0.1) is 0 Å². The molecule has 0 saturated heterocycles. The van der Waals surface area contributed by atoms with E-state index in [0.29, 0.717) is 53.0 Å². The van der Waals surface area contributed by atoms with Crippen molar-refractivity contribution in [2.24, 2.45) is 0 Å². The Morgan fingerprint density at radius 1 is 1.21 bits per heavy atom. The Hall–Kier alpha value is -2.58. The summed E-state index contributed by atoms with van der Waals surface area (Å²) in [7, 11) is 0. The summed E-state index contributed by atoms with van der Waals surface area (Å²) < 4.78 is 1.93. The fourth-order valence-corrected chi connectivity index (χ4v) is 2.93. The number of aromatic nitrogens is 4. The van der Waals surface area contributed by atoms with Crippen LogP contribution in [-0.4, -0.2) is 41.9 Å². The molecule has 0 aliphatic heterocycles. The quantitative estimate of drug-likeness (QED) is 0.455. The van der Waals surface area contributed by atoms with E-state index in [0.717, 1.165) is 6.54 Å². The van der Waals surface area contributed by atoms with Gasteiger partial charge < -0.3 is 25.4 Å². The van der Waals surface area contributed by atoms with Gasteiger partial charge in [-0.25, -0.2) is 4.98 Å². The van der Waals surface area contributed by atoms with Gasteiger partial charge in [0.1, 0.15) is 5.75 Å². The number of nitrogens with one attached hydrogen (secondary N) is 2. The number of halogens is 1. The van der Waals surface area contributed by atoms with Crippen molar-refractivity contribution in [3.63, 3.8) is 0 Å². The molecule has 0 saturated carbocycles. The van der Waals surface area contributed by atoms with Gasteiger partial charge in [-0.3, -0.25) is 0 Å². The highest BCUT2D eigenvalue weighted by molar-refractivity contribution is 6.32. The third-order valence-corrected chi connectivity index (χ3v) is 4.65. The summed E-state index contributed by atoms with van der Waals surface area (Å²) in [4.78, 5) is 13.5. The first-order valence-electron chi connectivity index (χ1n) is 9.18. The molecule has 3 aromatic rings. The van der Waals surface area contributed by atoms with Crippen LogP contribution in [0.3, 0.4) is 0 Å². The molecule has 0 aliphatic rings. The number of anilines is 2. The number of fused-ring (bicyclic) bond motifs is 1. The zero-order valence-electron chi connectivity index (χ0n) is 16.2. The van der Waals surface area contributed by atoms with Crippen LogP contribution >= 0.6 is 11.6 Å². The highest BCUT2D eigenvalue weighted by Crippen LogP contribution is 2.28. The third-order valence-electron chi connectivity index (χ3n) is 4.34. The number of aromatic hydroxyl groups is 1. The Labute approximate surface area is 168 Å². The highest BCUT2D eigenvalue weighted by Gasteiger charge is 2.15. The smallest absolute Gasteiger partial charge is 0.226 e. The predicted molar refractivity (Wildman–Crippen MR) is 111 cm³/mol. The van der Waals surface area contributed by atoms with Crippen LogP contribution in [-0.2, 0) is 13.1 Å². The van der Waals surface area contributed by atoms with E-state index in [1.807, 2.05) is 11.5 Å². The Kier molecular flexibility index (Phi) is 5.90. The molecule has 9 heteroatoms. The molecular formula is C19H25ClN6O2. The second-order valence-corrected chi connectivity index (χ2v) is 7.60. The number of aryl methyl sites for hydroxylation is 1. The molecule has 4 N–H and O–H groups in total. The number of aliphatic hydroxyl groups is 1. The van der Waals surface area contributed by atoms with Gasteiger partial charge >= 0.3 is 0 Å². The van der Waals surface area contributed by atoms with Crippen LogP contribution in [0.2, 0.25) is 5.02 Å². The van der Waals surface area contributed by atoms with Crippen molar-refractivity contribution in [1.29, 1.82) is 0 Å². The standard InChI is InChI=1S/C19H25ClN6O2/c1-4-26-11-23-14-16(22-10-12-6-5-7-13(20)15(12)27)24-18(25-17(14)26)21-9-8-19(2,3)28/h5-7,11,27-28H,4,8-10H2,1-3H3,(H2,21,22,24,25). The number of phenolic OH excluding ortho intramolecular Hbond substituents is 1. The van der Waals surface area contributed by atoms with Crippen LogP contribution in [0.1, 0.15) is 32.8 Å². The number of para-hydroxylation sites is 1. The zero-order chi connectivity index (χ0) is 20.3. The molecular weight excluding hydrogens is 380 g/mol. The number of rotatable bonds is 8. The fourth-order valence-electron chi connectivity index (χ4n) is 2.74. The number of benzene rings is 1. The van der Waals surface area contributed by atoms with Crippen LogP contribution < -0.4 is 10.6 Å². The summed E-state index contributed by atoms with van der Waals surface area (Å²) in [6.45, 7) is 7.13. The second kappa shape index (κ2) is 8.20. The van der Waals surface area contributed by atoms with Crippen molar-refractivity contribution in [3.8, 4) is 5.75 Å². The van der Waals surface area contributed by atoms with Gasteiger partial charge in [-0.2, -0.15) is 9.97 Å². The Balaban J connectivity index is 1.87. The number of phenols is 1. The summed E-state index contributed by atoms with van der Waals surface area (Å²) in [5, 5.41) is 26.7. The van der Waals surface area contributed by atoms with Crippen molar-refractivity contribution in [2.45, 2.75) is 45.9 Å². The molecule has 2 aromatic heterocycles. The minimum atomic E-state index is -0.770. The lowest BCUT2D eigenvalue weighted by Gasteiger charge is -2.17. The van der Waals surface area contributed by atoms with Crippen LogP contribution in [0.4, 0.5) is 11.8 Å². The number of hydrogen-bond donors (Lipinski definition) is 4. The fraction of sp³-hybridized carbons (Fsp3) is 0.421. The lowest BCUT2D eigenvalue weighted by Crippen LogP contribution is -2.23. The summed E-state index contributed by atoms with van der Waals surface area (Å²) in [5.74, 6) is 1.05. The predicted octanol–water partition coefficient (Wildman–Crippen LogP) is 3.39.